The van der Waals surface area contributed by atoms with Crippen LogP contribution in [0.4, 0.5) is 0 Å². The van der Waals surface area contributed by atoms with Gasteiger partial charge in [0, 0.05) is 19.3 Å². The Morgan fingerprint density at radius 1 is 1.67 bits per heavy atom. The molecule has 0 aliphatic heterocycles. The van der Waals surface area contributed by atoms with Crippen LogP contribution in [0.15, 0.2) is 6.20 Å². The lowest BCUT2D eigenvalue weighted by atomic mass is 10.4. The molecule has 0 fully saturated rings. The van der Waals surface area contributed by atoms with Gasteiger partial charge in [-0.05, 0) is 6.54 Å². The molecule has 0 aliphatic carbocycles. The Bertz CT molecular complexity index is 325. The molecule has 0 atom stereocenters. The van der Waals surface area contributed by atoms with Crippen LogP contribution in [0.3, 0.4) is 0 Å². The first kappa shape index (κ1) is 11.7. The Hall–Kier alpha value is -1.38. The molecule has 5 nitrogen and oxygen atoms in total. The van der Waals surface area contributed by atoms with Crippen molar-refractivity contribution in [3.8, 4) is 12.3 Å². The Kier molecular flexibility index (Phi) is 4.81. The number of nitrogens with zero attached hydrogens (tertiary/aromatic N) is 4. The lowest BCUT2D eigenvalue weighted by Gasteiger charge is -2.14. The predicted molar refractivity (Wildman–Crippen MR) is 58.9 cm³/mol. The molecule has 0 aliphatic rings. The van der Waals surface area contributed by atoms with E-state index in [0.717, 1.165) is 18.8 Å². The molecular formula is C10H17N5. The Labute approximate surface area is 90.2 Å². The molecule has 15 heavy (non-hydrogen) atoms. The van der Waals surface area contributed by atoms with Gasteiger partial charge in [0.2, 0.25) is 0 Å². The summed E-state index contributed by atoms with van der Waals surface area (Å²) in [7, 11) is 0. The van der Waals surface area contributed by atoms with Crippen molar-refractivity contribution in [3.05, 3.63) is 11.9 Å². The van der Waals surface area contributed by atoms with Crippen molar-refractivity contribution in [3.63, 3.8) is 0 Å². The van der Waals surface area contributed by atoms with Gasteiger partial charge in [0.15, 0.2) is 0 Å². The van der Waals surface area contributed by atoms with Crippen molar-refractivity contribution >= 4 is 0 Å². The van der Waals surface area contributed by atoms with E-state index < -0.39 is 0 Å². The zero-order chi connectivity index (χ0) is 11.1. The highest BCUT2D eigenvalue weighted by atomic mass is 15.4. The number of hydrogen-bond donors (Lipinski definition) is 1. The molecule has 0 saturated carbocycles. The van der Waals surface area contributed by atoms with Crippen LogP contribution < -0.4 is 5.73 Å². The van der Waals surface area contributed by atoms with Gasteiger partial charge >= 0.3 is 0 Å². The monoisotopic (exact) mass is 207 g/mol. The second kappa shape index (κ2) is 6.17. The van der Waals surface area contributed by atoms with Crippen LogP contribution in [0.25, 0.3) is 0 Å². The second-order valence-electron chi connectivity index (χ2n) is 3.27. The first-order valence-corrected chi connectivity index (χ1v) is 5.05. The summed E-state index contributed by atoms with van der Waals surface area (Å²) in [5.74, 6) is 2.62. The summed E-state index contributed by atoms with van der Waals surface area (Å²) in [6, 6.07) is 0. The Morgan fingerprint density at radius 2 is 2.47 bits per heavy atom. The molecule has 0 amide bonds. The average molecular weight is 207 g/mol. The summed E-state index contributed by atoms with van der Waals surface area (Å²) in [5.41, 5.74) is 6.35. The minimum absolute atomic E-state index is 0.574. The van der Waals surface area contributed by atoms with Crippen LogP contribution in [-0.2, 0) is 13.1 Å². The van der Waals surface area contributed by atoms with E-state index in [1.807, 2.05) is 6.20 Å². The quantitative estimate of drug-likeness (QED) is 0.650. The molecule has 1 heterocycles. The Morgan fingerprint density at radius 3 is 3.07 bits per heavy atom. The van der Waals surface area contributed by atoms with E-state index >= 15 is 0 Å². The first-order chi connectivity index (χ1) is 7.30. The summed E-state index contributed by atoms with van der Waals surface area (Å²) >= 11 is 0. The Balaban J connectivity index is 2.52. The number of terminal acetylenes is 1. The molecule has 0 unspecified atom stereocenters. The van der Waals surface area contributed by atoms with E-state index in [4.69, 9.17) is 12.2 Å². The fourth-order valence-electron chi connectivity index (χ4n) is 1.29. The molecule has 2 N–H and O–H groups in total. The zero-order valence-electron chi connectivity index (χ0n) is 9.06. The normalized spacial score (nSPS) is 10.5. The second-order valence-corrected chi connectivity index (χ2v) is 3.27. The van der Waals surface area contributed by atoms with E-state index in [1.165, 1.54) is 0 Å². The van der Waals surface area contributed by atoms with Crippen molar-refractivity contribution in [1.82, 2.24) is 19.9 Å². The van der Waals surface area contributed by atoms with Crippen LogP contribution in [0.1, 0.15) is 12.6 Å². The van der Waals surface area contributed by atoms with E-state index in [2.05, 4.69) is 28.1 Å². The summed E-state index contributed by atoms with van der Waals surface area (Å²) in [5, 5.41) is 8.01. The highest BCUT2D eigenvalue weighted by Crippen LogP contribution is 1.99. The lowest BCUT2D eigenvalue weighted by molar-refractivity contribution is 0.312. The molecule has 1 aromatic heterocycles. The van der Waals surface area contributed by atoms with Gasteiger partial charge in [-0.25, -0.2) is 0 Å². The van der Waals surface area contributed by atoms with Gasteiger partial charge in [0.25, 0.3) is 0 Å². The third-order valence-corrected chi connectivity index (χ3v) is 2.09. The van der Waals surface area contributed by atoms with Crippen LogP contribution in [0.2, 0.25) is 0 Å². The van der Waals surface area contributed by atoms with Crippen LogP contribution in [-0.4, -0.2) is 39.5 Å². The van der Waals surface area contributed by atoms with Gasteiger partial charge in [-0.2, -0.15) is 0 Å². The predicted octanol–water partition coefficient (Wildman–Crippen LogP) is -0.308. The molecule has 0 aromatic carbocycles. The van der Waals surface area contributed by atoms with Gasteiger partial charge in [-0.3, -0.25) is 9.58 Å². The minimum Gasteiger partial charge on any atom is -0.329 e. The molecule has 0 spiro atoms. The molecule has 0 bridgehead atoms. The third-order valence-electron chi connectivity index (χ3n) is 2.09. The standard InChI is InChI=1S/C10H17N5/c1-3-6-14(4-2)8-10-9-15(7-5-11)13-12-10/h1,9H,4-8,11H2,2H3. The summed E-state index contributed by atoms with van der Waals surface area (Å²) in [6.45, 7) is 5.64. The molecule has 0 radical (unpaired) electrons. The van der Waals surface area contributed by atoms with Crippen molar-refractivity contribution < 1.29 is 0 Å². The maximum Gasteiger partial charge on any atom is 0.0967 e. The molecule has 1 aromatic rings. The van der Waals surface area contributed by atoms with Crippen LogP contribution in [0.5, 0.6) is 0 Å². The first-order valence-electron chi connectivity index (χ1n) is 5.05. The molecule has 5 heteroatoms. The van der Waals surface area contributed by atoms with Crippen LogP contribution >= 0.6 is 0 Å². The summed E-state index contributed by atoms with van der Waals surface area (Å²) < 4.78 is 1.75. The van der Waals surface area contributed by atoms with Gasteiger partial charge in [0.05, 0.1) is 18.8 Å². The van der Waals surface area contributed by atoms with Gasteiger partial charge in [-0.15, -0.1) is 11.5 Å². The minimum atomic E-state index is 0.574. The van der Waals surface area contributed by atoms with Crippen LogP contribution in [0, 0.1) is 12.3 Å². The highest BCUT2D eigenvalue weighted by molar-refractivity contribution is 4.95. The highest BCUT2D eigenvalue weighted by Gasteiger charge is 2.05. The summed E-state index contributed by atoms with van der Waals surface area (Å²) in [6.07, 6.45) is 7.17. The maximum absolute atomic E-state index is 5.42. The van der Waals surface area contributed by atoms with Crippen molar-refractivity contribution in [1.29, 1.82) is 0 Å². The fraction of sp³-hybridized carbons (Fsp3) is 0.600. The smallest absolute Gasteiger partial charge is 0.0967 e. The largest absolute Gasteiger partial charge is 0.329 e. The van der Waals surface area contributed by atoms with E-state index in [0.29, 0.717) is 19.6 Å². The van der Waals surface area contributed by atoms with Crippen molar-refractivity contribution in [2.45, 2.75) is 20.0 Å². The SMILES string of the molecule is C#CCN(CC)Cc1cn(CCN)nn1. The molecular weight excluding hydrogens is 190 g/mol. The van der Waals surface area contributed by atoms with E-state index in [1.54, 1.807) is 4.68 Å². The number of aromatic nitrogens is 3. The molecule has 0 saturated heterocycles. The van der Waals surface area contributed by atoms with Crippen molar-refractivity contribution in [2.75, 3.05) is 19.6 Å². The number of rotatable bonds is 6. The average Bonchev–Trinajstić information content (AvgIpc) is 2.66. The van der Waals surface area contributed by atoms with E-state index in [9.17, 15) is 0 Å². The molecule has 82 valence electrons. The lowest BCUT2D eigenvalue weighted by Crippen LogP contribution is -2.23. The van der Waals surface area contributed by atoms with Crippen molar-refractivity contribution in [2.24, 2.45) is 5.73 Å². The third kappa shape index (κ3) is 3.70. The topological polar surface area (TPSA) is 60.0 Å². The summed E-state index contributed by atoms with van der Waals surface area (Å²) in [4.78, 5) is 2.12. The van der Waals surface area contributed by atoms with Gasteiger partial charge < -0.3 is 5.73 Å². The fourth-order valence-corrected chi connectivity index (χ4v) is 1.29. The zero-order valence-corrected chi connectivity index (χ0v) is 9.06. The maximum atomic E-state index is 5.42. The number of nitrogens with two attached hydrogens (primary N) is 1. The number of hydrogen-bond acceptors (Lipinski definition) is 4. The van der Waals surface area contributed by atoms with E-state index in [-0.39, 0.29) is 0 Å². The van der Waals surface area contributed by atoms with Gasteiger partial charge in [-0.1, -0.05) is 18.1 Å². The van der Waals surface area contributed by atoms with Gasteiger partial charge in [0.1, 0.15) is 0 Å². The molecule has 1 rings (SSSR count).